The molecule has 1 fully saturated rings. The second-order valence-corrected chi connectivity index (χ2v) is 3.58. The summed E-state index contributed by atoms with van der Waals surface area (Å²) in [6.45, 7) is 7.01. The first-order valence-electron chi connectivity index (χ1n) is 5.35. The summed E-state index contributed by atoms with van der Waals surface area (Å²) < 4.78 is 5.24. The first-order valence-corrected chi connectivity index (χ1v) is 5.35. The highest BCUT2D eigenvalue weighted by atomic mass is 16.5. The lowest BCUT2D eigenvalue weighted by atomic mass is 10.1. The van der Waals surface area contributed by atoms with Gasteiger partial charge in [0.25, 0.3) is 0 Å². The monoisotopic (exact) mass is 196 g/mol. The maximum Gasteiger partial charge on any atom is 0.0959 e. The molecule has 1 saturated heterocycles. The van der Waals surface area contributed by atoms with E-state index in [1.54, 1.807) is 0 Å². The van der Waals surface area contributed by atoms with Crippen molar-refractivity contribution in [2.45, 2.75) is 25.7 Å². The van der Waals surface area contributed by atoms with Crippen LogP contribution < -0.4 is 0 Å². The Morgan fingerprint density at radius 2 is 2.07 bits per heavy atom. The quantitative estimate of drug-likeness (QED) is 0.316. The van der Waals surface area contributed by atoms with E-state index >= 15 is 0 Å². The summed E-state index contributed by atoms with van der Waals surface area (Å²) >= 11 is 0. The highest BCUT2D eigenvalue weighted by Gasteiger charge is 2.12. The molecule has 1 aliphatic heterocycles. The zero-order chi connectivity index (χ0) is 10.2. The second-order valence-electron chi connectivity index (χ2n) is 3.58. The summed E-state index contributed by atoms with van der Waals surface area (Å²) in [5.74, 6) is 0.775. The Balaban J connectivity index is 2.10. The SMILES string of the molecule is C=CCCCCC(=N)N1CCOCC1. The molecule has 0 radical (unpaired) electrons. The Bertz CT molecular complexity index is 186. The second kappa shape index (κ2) is 6.60. The van der Waals surface area contributed by atoms with Crippen LogP contribution in [0.4, 0.5) is 0 Å². The molecule has 0 saturated carbocycles. The van der Waals surface area contributed by atoms with E-state index in [2.05, 4.69) is 11.5 Å². The van der Waals surface area contributed by atoms with E-state index in [-0.39, 0.29) is 0 Å². The molecule has 14 heavy (non-hydrogen) atoms. The number of nitrogens with one attached hydrogen (secondary N) is 1. The fraction of sp³-hybridized carbons (Fsp3) is 0.727. The number of allylic oxidation sites excluding steroid dienone is 1. The summed E-state index contributed by atoms with van der Waals surface area (Å²) in [5.41, 5.74) is 0. The van der Waals surface area contributed by atoms with Crippen molar-refractivity contribution < 1.29 is 4.74 Å². The van der Waals surface area contributed by atoms with Gasteiger partial charge in [0.05, 0.1) is 19.0 Å². The third-order valence-electron chi connectivity index (χ3n) is 2.46. The van der Waals surface area contributed by atoms with E-state index in [1.165, 1.54) is 0 Å². The molecule has 1 N–H and O–H groups in total. The van der Waals surface area contributed by atoms with Crippen LogP contribution in [0.2, 0.25) is 0 Å². The molecule has 1 heterocycles. The van der Waals surface area contributed by atoms with E-state index in [0.29, 0.717) is 0 Å². The molecule has 3 heteroatoms. The molecule has 0 bridgehead atoms. The van der Waals surface area contributed by atoms with Crippen LogP contribution >= 0.6 is 0 Å². The lowest BCUT2D eigenvalue weighted by Crippen LogP contribution is -2.40. The Kier molecular flexibility index (Phi) is 5.30. The highest BCUT2D eigenvalue weighted by molar-refractivity contribution is 5.79. The minimum absolute atomic E-state index is 0.773. The van der Waals surface area contributed by atoms with Crippen LogP contribution in [0, 0.1) is 5.41 Å². The normalized spacial score (nSPS) is 16.7. The molecule has 80 valence electrons. The highest BCUT2D eigenvalue weighted by Crippen LogP contribution is 2.06. The van der Waals surface area contributed by atoms with Crippen LogP contribution in [-0.4, -0.2) is 37.0 Å². The first-order chi connectivity index (χ1) is 6.84. The van der Waals surface area contributed by atoms with Gasteiger partial charge in [-0.25, -0.2) is 0 Å². The number of ether oxygens (including phenoxy) is 1. The molecule has 0 aromatic carbocycles. The van der Waals surface area contributed by atoms with Crippen molar-refractivity contribution in [1.29, 1.82) is 5.41 Å². The van der Waals surface area contributed by atoms with Gasteiger partial charge in [0.1, 0.15) is 0 Å². The van der Waals surface area contributed by atoms with E-state index in [0.717, 1.165) is 57.8 Å². The molecule has 0 spiro atoms. The van der Waals surface area contributed by atoms with Crippen molar-refractivity contribution >= 4 is 5.84 Å². The fourth-order valence-electron chi connectivity index (χ4n) is 1.57. The number of unbranched alkanes of at least 4 members (excludes halogenated alkanes) is 2. The van der Waals surface area contributed by atoms with E-state index in [4.69, 9.17) is 10.1 Å². The lowest BCUT2D eigenvalue weighted by Gasteiger charge is -2.29. The Morgan fingerprint density at radius 1 is 1.36 bits per heavy atom. The molecule has 0 aliphatic carbocycles. The van der Waals surface area contributed by atoms with Gasteiger partial charge >= 0.3 is 0 Å². The number of morpholine rings is 1. The molecule has 0 unspecified atom stereocenters. The van der Waals surface area contributed by atoms with Gasteiger partial charge in [0, 0.05) is 19.5 Å². The van der Waals surface area contributed by atoms with Gasteiger partial charge in [-0.3, -0.25) is 5.41 Å². The van der Waals surface area contributed by atoms with Crippen molar-refractivity contribution in [3.8, 4) is 0 Å². The third-order valence-corrected chi connectivity index (χ3v) is 2.46. The maximum atomic E-state index is 7.86. The lowest BCUT2D eigenvalue weighted by molar-refractivity contribution is 0.0668. The van der Waals surface area contributed by atoms with Gasteiger partial charge in [0.15, 0.2) is 0 Å². The predicted molar refractivity (Wildman–Crippen MR) is 58.8 cm³/mol. The van der Waals surface area contributed by atoms with Crippen LogP contribution in [-0.2, 0) is 4.74 Å². The molecular weight excluding hydrogens is 176 g/mol. The smallest absolute Gasteiger partial charge is 0.0959 e. The Labute approximate surface area is 86.3 Å². The molecule has 0 amide bonds. The average Bonchev–Trinajstić information content (AvgIpc) is 2.25. The topological polar surface area (TPSA) is 36.3 Å². The van der Waals surface area contributed by atoms with Crippen LogP contribution in [0.1, 0.15) is 25.7 Å². The largest absolute Gasteiger partial charge is 0.378 e. The van der Waals surface area contributed by atoms with Crippen LogP contribution in [0.5, 0.6) is 0 Å². The summed E-state index contributed by atoms with van der Waals surface area (Å²) in [6, 6.07) is 0. The Hall–Kier alpha value is -0.830. The number of hydrogen-bond donors (Lipinski definition) is 1. The molecular formula is C11H20N2O. The van der Waals surface area contributed by atoms with Crippen LogP contribution in [0.15, 0.2) is 12.7 Å². The first kappa shape index (κ1) is 11.2. The molecule has 1 rings (SSSR count). The van der Waals surface area contributed by atoms with E-state index < -0.39 is 0 Å². The zero-order valence-corrected chi connectivity index (χ0v) is 8.80. The van der Waals surface area contributed by atoms with Crippen molar-refractivity contribution in [3.63, 3.8) is 0 Å². The van der Waals surface area contributed by atoms with Crippen molar-refractivity contribution in [1.82, 2.24) is 4.90 Å². The van der Waals surface area contributed by atoms with Gasteiger partial charge in [-0.05, 0) is 19.3 Å². The van der Waals surface area contributed by atoms with Gasteiger partial charge < -0.3 is 9.64 Å². The third kappa shape index (κ3) is 3.92. The van der Waals surface area contributed by atoms with Crippen LogP contribution in [0.25, 0.3) is 0 Å². The molecule has 3 nitrogen and oxygen atoms in total. The van der Waals surface area contributed by atoms with Gasteiger partial charge in [0.2, 0.25) is 0 Å². The van der Waals surface area contributed by atoms with E-state index in [1.807, 2.05) is 6.08 Å². The zero-order valence-electron chi connectivity index (χ0n) is 8.80. The van der Waals surface area contributed by atoms with Gasteiger partial charge in [-0.15, -0.1) is 6.58 Å². The molecule has 0 atom stereocenters. The van der Waals surface area contributed by atoms with Crippen molar-refractivity contribution in [2.75, 3.05) is 26.3 Å². The van der Waals surface area contributed by atoms with Gasteiger partial charge in [-0.1, -0.05) is 6.08 Å². The number of hydrogen-bond acceptors (Lipinski definition) is 2. The van der Waals surface area contributed by atoms with Crippen molar-refractivity contribution in [2.24, 2.45) is 0 Å². The van der Waals surface area contributed by atoms with Gasteiger partial charge in [-0.2, -0.15) is 0 Å². The Morgan fingerprint density at radius 3 is 2.71 bits per heavy atom. The summed E-state index contributed by atoms with van der Waals surface area (Å²) in [5, 5.41) is 7.86. The minimum Gasteiger partial charge on any atom is -0.378 e. The standard InChI is InChI=1S/C11H20N2O/c1-2-3-4-5-6-11(12)13-7-9-14-10-8-13/h2,12H,1,3-10H2. The van der Waals surface area contributed by atoms with Crippen LogP contribution in [0.3, 0.4) is 0 Å². The predicted octanol–water partition coefficient (Wildman–Crippen LogP) is 2.04. The number of rotatable bonds is 5. The summed E-state index contributed by atoms with van der Waals surface area (Å²) in [6.07, 6.45) is 6.15. The molecule has 0 aromatic heterocycles. The fourth-order valence-corrected chi connectivity index (χ4v) is 1.57. The summed E-state index contributed by atoms with van der Waals surface area (Å²) in [7, 11) is 0. The molecule has 0 aromatic rings. The minimum atomic E-state index is 0.773. The summed E-state index contributed by atoms with van der Waals surface area (Å²) in [4.78, 5) is 2.12. The van der Waals surface area contributed by atoms with Crippen molar-refractivity contribution in [3.05, 3.63) is 12.7 Å². The number of amidine groups is 1. The molecule has 1 aliphatic rings. The average molecular weight is 196 g/mol. The van der Waals surface area contributed by atoms with E-state index in [9.17, 15) is 0 Å². The maximum absolute atomic E-state index is 7.86. The number of nitrogens with zero attached hydrogens (tertiary/aromatic N) is 1.